The molecule has 0 saturated heterocycles. The van der Waals surface area contributed by atoms with E-state index in [2.05, 4.69) is 10.6 Å². The van der Waals surface area contributed by atoms with Crippen molar-refractivity contribution in [1.82, 2.24) is 0 Å². The lowest BCUT2D eigenvalue weighted by Gasteiger charge is -2.14. The zero-order chi connectivity index (χ0) is 20.0. The largest absolute Gasteiger partial charge is 0.455 e. The molecule has 28 heavy (non-hydrogen) atoms. The van der Waals surface area contributed by atoms with E-state index >= 15 is 0 Å². The molecule has 144 valence electrons. The van der Waals surface area contributed by atoms with Gasteiger partial charge in [-0.2, -0.15) is 0 Å². The maximum atomic E-state index is 12.3. The average molecular weight is 396 g/mol. The molecule has 0 aliphatic carbocycles. The van der Waals surface area contributed by atoms with E-state index in [4.69, 9.17) is 4.74 Å². The van der Waals surface area contributed by atoms with Gasteiger partial charge in [-0.05, 0) is 36.4 Å². The average Bonchev–Trinajstić information content (AvgIpc) is 2.68. The Morgan fingerprint density at radius 3 is 2.18 bits per heavy atom. The summed E-state index contributed by atoms with van der Waals surface area (Å²) in [5.74, 6) is 0.895. The number of para-hydroxylation sites is 4. The van der Waals surface area contributed by atoms with Crippen LogP contribution < -0.4 is 15.4 Å². The van der Waals surface area contributed by atoms with Crippen LogP contribution in [0.25, 0.3) is 0 Å². The van der Waals surface area contributed by atoms with Crippen molar-refractivity contribution in [2.24, 2.45) is 0 Å². The monoisotopic (exact) mass is 396 g/mol. The zero-order valence-electron chi connectivity index (χ0n) is 15.3. The Balaban J connectivity index is 1.68. The van der Waals surface area contributed by atoms with Crippen LogP contribution in [0.15, 0.2) is 83.8 Å². The van der Waals surface area contributed by atoms with Gasteiger partial charge in [-0.3, -0.25) is 4.79 Å². The lowest BCUT2D eigenvalue weighted by molar-refractivity contribution is -0.114. The Morgan fingerprint density at radius 1 is 0.857 bits per heavy atom. The molecule has 0 atom stereocenters. The molecule has 3 rings (SSSR count). The van der Waals surface area contributed by atoms with Crippen LogP contribution in [0.2, 0.25) is 0 Å². The fourth-order valence-corrected chi connectivity index (χ4v) is 3.42. The highest BCUT2D eigenvalue weighted by molar-refractivity contribution is 7.90. The van der Waals surface area contributed by atoms with Crippen LogP contribution in [0.3, 0.4) is 0 Å². The minimum absolute atomic E-state index is 0.0484. The van der Waals surface area contributed by atoms with Crippen LogP contribution in [0.4, 0.5) is 11.4 Å². The predicted octanol–water partition coefficient (Wildman–Crippen LogP) is 3.93. The molecular weight excluding hydrogens is 376 g/mol. The van der Waals surface area contributed by atoms with E-state index in [9.17, 15) is 13.2 Å². The van der Waals surface area contributed by atoms with Crippen LogP contribution in [0.5, 0.6) is 11.5 Å². The number of nitrogens with one attached hydrogen (secondary N) is 2. The standard InChI is InChI=1S/C21H20N2O4S/c1-28(25,26)20-14-8-6-12-18(20)23-21(24)15-22-17-11-5-7-13-19(17)27-16-9-3-2-4-10-16/h2-14,22H,15H2,1H3,(H,23,24). The van der Waals surface area contributed by atoms with Gasteiger partial charge in [-0.15, -0.1) is 0 Å². The lowest BCUT2D eigenvalue weighted by Crippen LogP contribution is -2.23. The van der Waals surface area contributed by atoms with Gasteiger partial charge >= 0.3 is 0 Å². The van der Waals surface area contributed by atoms with Crippen molar-refractivity contribution in [2.75, 3.05) is 23.4 Å². The Kier molecular flexibility index (Phi) is 5.96. The number of benzene rings is 3. The molecule has 3 aromatic carbocycles. The van der Waals surface area contributed by atoms with Crippen molar-refractivity contribution in [2.45, 2.75) is 4.90 Å². The third-order valence-electron chi connectivity index (χ3n) is 3.86. The summed E-state index contributed by atoms with van der Waals surface area (Å²) in [5, 5.41) is 5.66. The van der Waals surface area contributed by atoms with Gasteiger partial charge in [0.25, 0.3) is 0 Å². The van der Waals surface area contributed by atoms with E-state index in [1.54, 1.807) is 30.3 Å². The van der Waals surface area contributed by atoms with E-state index in [1.807, 2.05) is 42.5 Å². The van der Waals surface area contributed by atoms with Crippen molar-refractivity contribution >= 4 is 27.1 Å². The first-order valence-corrected chi connectivity index (χ1v) is 10.5. The number of anilines is 2. The molecule has 7 heteroatoms. The van der Waals surface area contributed by atoms with E-state index in [0.717, 1.165) is 6.26 Å². The quantitative estimate of drug-likeness (QED) is 0.632. The predicted molar refractivity (Wildman–Crippen MR) is 110 cm³/mol. The van der Waals surface area contributed by atoms with Crippen LogP contribution in [-0.2, 0) is 14.6 Å². The number of hydrogen-bond donors (Lipinski definition) is 2. The number of rotatable bonds is 7. The zero-order valence-corrected chi connectivity index (χ0v) is 16.1. The minimum atomic E-state index is -3.44. The number of sulfone groups is 1. The molecule has 0 fully saturated rings. The summed E-state index contributed by atoms with van der Waals surface area (Å²) in [4.78, 5) is 12.4. The SMILES string of the molecule is CS(=O)(=O)c1ccccc1NC(=O)CNc1ccccc1Oc1ccccc1. The molecule has 0 saturated carbocycles. The van der Waals surface area contributed by atoms with E-state index in [-0.39, 0.29) is 23.0 Å². The number of carbonyl (C=O) groups is 1. The van der Waals surface area contributed by atoms with Crippen LogP contribution >= 0.6 is 0 Å². The van der Waals surface area contributed by atoms with Crippen molar-refractivity contribution in [3.8, 4) is 11.5 Å². The summed E-state index contributed by atoms with van der Waals surface area (Å²) in [6.07, 6.45) is 1.10. The molecule has 0 aliphatic rings. The molecule has 0 bridgehead atoms. The minimum Gasteiger partial charge on any atom is -0.455 e. The number of carbonyl (C=O) groups excluding carboxylic acids is 1. The molecule has 1 amide bonds. The normalized spacial score (nSPS) is 10.9. The van der Waals surface area contributed by atoms with Gasteiger partial charge in [0.2, 0.25) is 5.91 Å². The molecule has 2 N–H and O–H groups in total. The molecule has 0 radical (unpaired) electrons. The van der Waals surface area contributed by atoms with Gasteiger partial charge in [0.1, 0.15) is 5.75 Å². The fourth-order valence-electron chi connectivity index (χ4n) is 2.58. The first-order valence-electron chi connectivity index (χ1n) is 8.58. The highest BCUT2D eigenvalue weighted by Gasteiger charge is 2.14. The van der Waals surface area contributed by atoms with Crippen molar-refractivity contribution in [3.05, 3.63) is 78.9 Å². The Labute approximate surface area is 164 Å². The van der Waals surface area contributed by atoms with E-state index < -0.39 is 9.84 Å². The third kappa shape index (κ3) is 5.11. The summed E-state index contributed by atoms with van der Waals surface area (Å²) in [5.41, 5.74) is 0.906. The van der Waals surface area contributed by atoms with Gasteiger partial charge in [-0.1, -0.05) is 42.5 Å². The van der Waals surface area contributed by atoms with Gasteiger partial charge < -0.3 is 15.4 Å². The van der Waals surface area contributed by atoms with Gasteiger partial charge in [0, 0.05) is 6.26 Å². The summed E-state index contributed by atoms with van der Waals surface area (Å²) in [6, 6.07) is 22.9. The summed E-state index contributed by atoms with van der Waals surface area (Å²) in [6.45, 7) is -0.0484. The molecule has 0 unspecified atom stereocenters. The molecule has 3 aromatic rings. The first kappa shape index (κ1) is 19.4. The van der Waals surface area contributed by atoms with Gasteiger partial charge in [0.05, 0.1) is 22.8 Å². The molecule has 6 nitrogen and oxygen atoms in total. The molecule has 0 spiro atoms. The maximum Gasteiger partial charge on any atom is 0.243 e. The fraction of sp³-hybridized carbons (Fsp3) is 0.0952. The summed E-state index contributed by atoms with van der Waals surface area (Å²) >= 11 is 0. The Bertz CT molecular complexity index is 1070. The Hall–Kier alpha value is -3.32. The van der Waals surface area contributed by atoms with Gasteiger partial charge in [0.15, 0.2) is 15.6 Å². The van der Waals surface area contributed by atoms with Crippen LogP contribution in [0, 0.1) is 0 Å². The van der Waals surface area contributed by atoms with Crippen molar-refractivity contribution in [3.63, 3.8) is 0 Å². The molecule has 0 aromatic heterocycles. The number of amides is 1. The van der Waals surface area contributed by atoms with E-state index in [0.29, 0.717) is 17.2 Å². The molecule has 0 heterocycles. The van der Waals surface area contributed by atoms with Crippen LogP contribution in [-0.4, -0.2) is 27.1 Å². The van der Waals surface area contributed by atoms with Crippen molar-refractivity contribution in [1.29, 1.82) is 0 Å². The highest BCUT2D eigenvalue weighted by Crippen LogP contribution is 2.29. The highest BCUT2D eigenvalue weighted by atomic mass is 32.2. The molecular formula is C21H20N2O4S. The second-order valence-corrected chi connectivity index (χ2v) is 8.07. The van der Waals surface area contributed by atoms with Gasteiger partial charge in [-0.25, -0.2) is 8.42 Å². The number of ether oxygens (including phenoxy) is 1. The Morgan fingerprint density at radius 2 is 1.46 bits per heavy atom. The van der Waals surface area contributed by atoms with E-state index in [1.165, 1.54) is 6.07 Å². The smallest absolute Gasteiger partial charge is 0.243 e. The molecule has 0 aliphatic heterocycles. The lowest BCUT2D eigenvalue weighted by atomic mass is 10.2. The first-order chi connectivity index (χ1) is 13.4. The second-order valence-electron chi connectivity index (χ2n) is 6.08. The second kappa shape index (κ2) is 8.58. The summed E-state index contributed by atoms with van der Waals surface area (Å²) < 4.78 is 29.5. The third-order valence-corrected chi connectivity index (χ3v) is 5.01. The maximum absolute atomic E-state index is 12.3. The summed E-state index contributed by atoms with van der Waals surface area (Å²) in [7, 11) is -3.44. The van der Waals surface area contributed by atoms with Crippen LogP contribution in [0.1, 0.15) is 0 Å². The number of hydrogen-bond acceptors (Lipinski definition) is 5. The van der Waals surface area contributed by atoms with Crippen molar-refractivity contribution < 1.29 is 17.9 Å². The topological polar surface area (TPSA) is 84.5 Å².